The van der Waals surface area contributed by atoms with Crippen molar-refractivity contribution < 1.29 is 9.90 Å². The fraction of sp³-hybridized carbons (Fsp3) is 0.278. The molecular weight excluding hydrogens is 316 g/mol. The van der Waals surface area contributed by atoms with Crippen LogP contribution in [-0.4, -0.2) is 22.7 Å². The Morgan fingerprint density at radius 1 is 1.14 bits per heavy atom. The number of aliphatic hydroxyl groups is 1. The standard InChI is InChI=1S/C18H15ClO2S/c19-13-7-5-11(6-8-13)17-18(15(20)10-22-17)9-12-3-1-2-4-14(12)16(18)21/h1-8,15,17,20H,9-10H2/t15-,17-,18-/m1/s1. The quantitative estimate of drug-likeness (QED) is 0.861. The Labute approximate surface area is 138 Å². The molecule has 2 nitrogen and oxygen atoms in total. The molecule has 0 radical (unpaired) electrons. The van der Waals surface area contributed by atoms with Gasteiger partial charge in [0.15, 0.2) is 5.78 Å². The predicted molar refractivity (Wildman–Crippen MR) is 89.6 cm³/mol. The summed E-state index contributed by atoms with van der Waals surface area (Å²) in [7, 11) is 0. The second kappa shape index (κ2) is 5.12. The van der Waals surface area contributed by atoms with E-state index in [2.05, 4.69) is 0 Å². The number of ketones is 1. The summed E-state index contributed by atoms with van der Waals surface area (Å²) in [6, 6.07) is 15.4. The first-order chi connectivity index (χ1) is 10.6. The topological polar surface area (TPSA) is 37.3 Å². The largest absolute Gasteiger partial charge is 0.391 e. The van der Waals surface area contributed by atoms with Crippen LogP contribution in [0.5, 0.6) is 0 Å². The highest BCUT2D eigenvalue weighted by Gasteiger charge is 2.59. The summed E-state index contributed by atoms with van der Waals surface area (Å²) in [5.74, 6) is 0.674. The third-order valence-corrected chi connectivity index (χ3v) is 6.61. The van der Waals surface area contributed by atoms with Gasteiger partial charge in [0, 0.05) is 21.6 Å². The highest BCUT2D eigenvalue weighted by atomic mass is 35.5. The molecule has 1 heterocycles. The minimum absolute atomic E-state index is 0.0281. The number of rotatable bonds is 1. The van der Waals surface area contributed by atoms with E-state index in [1.54, 1.807) is 11.8 Å². The van der Waals surface area contributed by atoms with Gasteiger partial charge in [-0.05, 0) is 29.7 Å². The van der Waals surface area contributed by atoms with Crippen LogP contribution in [0.1, 0.15) is 26.7 Å². The molecule has 3 atom stereocenters. The van der Waals surface area contributed by atoms with Gasteiger partial charge in [-0.1, -0.05) is 48.0 Å². The Morgan fingerprint density at radius 3 is 2.59 bits per heavy atom. The van der Waals surface area contributed by atoms with Gasteiger partial charge in [-0.25, -0.2) is 0 Å². The van der Waals surface area contributed by atoms with Gasteiger partial charge in [0.25, 0.3) is 0 Å². The Hall–Kier alpha value is -1.29. The number of hydrogen-bond acceptors (Lipinski definition) is 3. The molecule has 1 saturated heterocycles. The second-order valence-corrected chi connectivity index (χ2v) is 7.56. The Morgan fingerprint density at radius 2 is 1.86 bits per heavy atom. The first kappa shape index (κ1) is 14.3. The zero-order valence-electron chi connectivity index (χ0n) is 11.8. The van der Waals surface area contributed by atoms with Gasteiger partial charge in [-0.2, -0.15) is 0 Å². The van der Waals surface area contributed by atoms with Gasteiger partial charge in [-0.15, -0.1) is 11.8 Å². The highest BCUT2D eigenvalue weighted by molar-refractivity contribution is 7.99. The van der Waals surface area contributed by atoms with E-state index >= 15 is 0 Å². The molecule has 112 valence electrons. The van der Waals surface area contributed by atoms with E-state index in [1.807, 2.05) is 48.5 Å². The average molecular weight is 331 g/mol. The number of halogens is 1. The molecule has 2 aliphatic rings. The molecule has 0 bridgehead atoms. The summed E-state index contributed by atoms with van der Waals surface area (Å²) < 4.78 is 0. The third-order valence-electron chi connectivity index (χ3n) is 4.82. The van der Waals surface area contributed by atoms with E-state index in [4.69, 9.17) is 11.6 Å². The van der Waals surface area contributed by atoms with Crippen molar-refractivity contribution in [2.75, 3.05) is 5.75 Å². The van der Waals surface area contributed by atoms with Crippen molar-refractivity contribution in [3.63, 3.8) is 0 Å². The number of Topliss-reactive ketones (excluding diaryl/α,β-unsaturated/α-hetero) is 1. The van der Waals surface area contributed by atoms with Gasteiger partial charge < -0.3 is 5.11 Å². The van der Waals surface area contributed by atoms with Crippen LogP contribution in [0, 0.1) is 5.41 Å². The minimum Gasteiger partial charge on any atom is -0.391 e. The molecule has 1 fully saturated rings. The molecule has 0 amide bonds. The first-order valence-electron chi connectivity index (χ1n) is 7.31. The lowest BCUT2D eigenvalue weighted by Gasteiger charge is -2.31. The molecular formula is C18H15ClO2S. The van der Waals surface area contributed by atoms with Crippen LogP contribution in [0.25, 0.3) is 0 Å². The number of thioether (sulfide) groups is 1. The van der Waals surface area contributed by atoms with Gasteiger partial charge in [0.05, 0.1) is 11.5 Å². The molecule has 0 aromatic heterocycles. The summed E-state index contributed by atoms with van der Waals surface area (Å²) in [5, 5.41) is 11.3. The SMILES string of the molecule is O=C1c2ccccc2C[C@@]12[C@H](O)CS[C@@H]2c1ccc(Cl)cc1. The predicted octanol–water partition coefficient (Wildman–Crippen LogP) is 3.91. The number of aliphatic hydroxyl groups excluding tert-OH is 1. The second-order valence-electron chi connectivity index (χ2n) is 5.98. The molecule has 1 N–H and O–H groups in total. The number of benzene rings is 2. The number of carbonyl (C=O) groups excluding carboxylic acids is 1. The molecule has 22 heavy (non-hydrogen) atoms. The lowest BCUT2D eigenvalue weighted by Crippen LogP contribution is -2.41. The number of fused-ring (bicyclic) bond motifs is 1. The molecule has 4 heteroatoms. The molecule has 0 saturated carbocycles. The fourth-order valence-corrected chi connectivity index (χ4v) is 5.51. The monoisotopic (exact) mass is 330 g/mol. The van der Waals surface area contributed by atoms with Crippen LogP contribution in [0.15, 0.2) is 48.5 Å². The zero-order chi connectivity index (χ0) is 15.3. The van der Waals surface area contributed by atoms with E-state index in [0.29, 0.717) is 17.2 Å². The molecule has 2 aromatic carbocycles. The Bertz CT molecular complexity index is 743. The maximum absolute atomic E-state index is 13.1. The third kappa shape index (κ3) is 1.89. The maximum Gasteiger partial charge on any atom is 0.173 e. The highest BCUT2D eigenvalue weighted by Crippen LogP contribution is 2.59. The van der Waals surface area contributed by atoms with Crippen LogP contribution in [0.3, 0.4) is 0 Å². The summed E-state index contributed by atoms with van der Waals surface area (Å²) in [5.41, 5.74) is 2.14. The van der Waals surface area contributed by atoms with Gasteiger partial charge in [0.2, 0.25) is 0 Å². The number of carbonyl (C=O) groups is 1. The van der Waals surface area contributed by atoms with E-state index in [0.717, 1.165) is 16.7 Å². The van der Waals surface area contributed by atoms with Gasteiger partial charge >= 0.3 is 0 Å². The van der Waals surface area contributed by atoms with Crippen LogP contribution in [-0.2, 0) is 6.42 Å². The minimum atomic E-state index is -0.734. The van der Waals surface area contributed by atoms with Gasteiger partial charge in [-0.3, -0.25) is 4.79 Å². The van der Waals surface area contributed by atoms with Crippen LogP contribution < -0.4 is 0 Å². The van der Waals surface area contributed by atoms with Gasteiger partial charge in [0.1, 0.15) is 0 Å². The van der Waals surface area contributed by atoms with Crippen LogP contribution in [0.2, 0.25) is 5.02 Å². The zero-order valence-corrected chi connectivity index (χ0v) is 13.4. The number of hydrogen-bond donors (Lipinski definition) is 1. The fourth-order valence-electron chi connectivity index (χ4n) is 3.71. The van der Waals surface area contributed by atoms with E-state index in [9.17, 15) is 9.90 Å². The van der Waals surface area contributed by atoms with Crippen molar-refractivity contribution >= 4 is 29.1 Å². The molecule has 1 spiro atoms. The smallest absolute Gasteiger partial charge is 0.173 e. The lowest BCUT2D eigenvalue weighted by atomic mass is 9.73. The molecule has 0 unspecified atom stereocenters. The normalized spacial score (nSPS) is 30.0. The molecule has 1 aliphatic heterocycles. The van der Waals surface area contributed by atoms with Crippen molar-refractivity contribution in [3.8, 4) is 0 Å². The summed E-state index contributed by atoms with van der Waals surface area (Å²) in [4.78, 5) is 13.1. The van der Waals surface area contributed by atoms with Crippen molar-refractivity contribution in [2.24, 2.45) is 5.41 Å². The van der Waals surface area contributed by atoms with Crippen molar-refractivity contribution in [1.82, 2.24) is 0 Å². The van der Waals surface area contributed by atoms with Crippen LogP contribution in [0.4, 0.5) is 0 Å². The summed E-state index contributed by atoms with van der Waals surface area (Å²) in [6.07, 6.45) is 0.00166. The van der Waals surface area contributed by atoms with Crippen molar-refractivity contribution in [1.29, 1.82) is 0 Å². The maximum atomic E-state index is 13.1. The Balaban J connectivity index is 1.82. The summed E-state index contributed by atoms with van der Waals surface area (Å²) in [6.45, 7) is 0. The van der Waals surface area contributed by atoms with E-state index in [-0.39, 0.29) is 11.0 Å². The lowest BCUT2D eigenvalue weighted by molar-refractivity contribution is 0.0435. The van der Waals surface area contributed by atoms with Crippen molar-refractivity contribution in [3.05, 3.63) is 70.2 Å². The molecule has 4 rings (SSSR count). The first-order valence-corrected chi connectivity index (χ1v) is 8.73. The Kier molecular flexibility index (Phi) is 3.33. The molecule has 2 aromatic rings. The average Bonchev–Trinajstić information content (AvgIpc) is 3.01. The van der Waals surface area contributed by atoms with Crippen LogP contribution >= 0.6 is 23.4 Å². The van der Waals surface area contributed by atoms with E-state index < -0.39 is 11.5 Å². The van der Waals surface area contributed by atoms with Crippen molar-refractivity contribution in [2.45, 2.75) is 17.8 Å². The van der Waals surface area contributed by atoms with E-state index in [1.165, 1.54) is 0 Å². The summed E-state index contributed by atoms with van der Waals surface area (Å²) >= 11 is 7.64. The molecule has 1 aliphatic carbocycles.